The van der Waals surface area contributed by atoms with Crippen LogP contribution >= 0.6 is 11.3 Å². The molecule has 0 atom stereocenters. The van der Waals surface area contributed by atoms with Gasteiger partial charge >= 0.3 is 0 Å². The van der Waals surface area contributed by atoms with E-state index in [1.54, 1.807) is 29.9 Å². The Morgan fingerprint density at radius 1 is 1.24 bits per heavy atom. The minimum atomic E-state index is 0.0842. The Kier molecular flexibility index (Phi) is 5.82. The lowest BCUT2D eigenvalue weighted by atomic mass is 10.1. The summed E-state index contributed by atoms with van der Waals surface area (Å²) in [6, 6.07) is 6.29. The van der Waals surface area contributed by atoms with Crippen molar-refractivity contribution in [2.75, 3.05) is 26.2 Å². The first-order valence-electron chi connectivity index (χ1n) is 9.66. The molecule has 1 fully saturated rings. The standard InChI is InChI=1S/C21H24N6OS/c1-15-3-4-17(16(2)11-15)25-21-27(10-9-26-8-7-24-20(28)13-26)19(14-29-21)18-12-22-5-6-23-18/h3-6,11-12,14H,7-10,13H2,1-2H3,(H,24,28). The summed E-state index contributed by atoms with van der Waals surface area (Å²) in [4.78, 5) is 28.4. The number of carbonyl (C=O) groups is 1. The number of thiazole rings is 1. The first-order chi connectivity index (χ1) is 14.1. The second-order valence-corrected chi connectivity index (χ2v) is 8.01. The summed E-state index contributed by atoms with van der Waals surface area (Å²) in [7, 11) is 0. The molecule has 1 aliphatic heterocycles. The molecule has 4 rings (SSSR count). The summed E-state index contributed by atoms with van der Waals surface area (Å²) in [6.45, 7) is 7.67. The van der Waals surface area contributed by atoms with Crippen molar-refractivity contribution in [2.45, 2.75) is 20.4 Å². The van der Waals surface area contributed by atoms with Crippen molar-refractivity contribution in [2.24, 2.45) is 4.99 Å². The third-order valence-corrected chi connectivity index (χ3v) is 5.81. The monoisotopic (exact) mass is 408 g/mol. The van der Waals surface area contributed by atoms with E-state index in [1.807, 2.05) is 0 Å². The molecule has 0 bridgehead atoms. The second-order valence-electron chi connectivity index (χ2n) is 7.17. The van der Waals surface area contributed by atoms with Gasteiger partial charge in [-0.25, -0.2) is 4.99 Å². The highest BCUT2D eigenvalue weighted by Gasteiger charge is 2.17. The van der Waals surface area contributed by atoms with Gasteiger partial charge in [0.05, 0.1) is 24.1 Å². The van der Waals surface area contributed by atoms with Gasteiger partial charge in [-0.3, -0.25) is 19.7 Å². The van der Waals surface area contributed by atoms with Crippen LogP contribution in [-0.4, -0.2) is 51.5 Å². The lowest BCUT2D eigenvalue weighted by Crippen LogP contribution is -2.48. The highest BCUT2D eigenvalue weighted by atomic mass is 32.1. The molecule has 150 valence electrons. The molecule has 0 unspecified atom stereocenters. The van der Waals surface area contributed by atoms with E-state index in [0.717, 1.165) is 47.1 Å². The van der Waals surface area contributed by atoms with E-state index in [0.29, 0.717) is 13.1 Å². The number of hydrogen-bond acceptors (Lipinski definition) is 6. The van der Waals surface area contributed by atoms with Crippen molar-refractivity contribution in [3.05, 3.63) is 58.1 Å². The predicted octanol–water partition coefficient (Wildman–Crippen LogP) is 2.29. The molecule has 29 heavy (non-hydrogen) atoms. The van der Waals surface area contributed by atoms with Crippen molar-refractivity contribution in [1.82, 2.24) is 24.8 Å². The minimum Gasteiger partial charge on any atom is -0.354 e. The largest absolute Gasteiger partial charge is 0.354 e. The summed E-state index contributed by atoms with van der Waals surface area (Å²) in [5, 5.41) is 4.95. The number of carbonyl (C=O) groups excluding carboxylic acids is 1. The average Bonchev–Trinajstić information content (AvgIpc) is 3.12. The zero-order chi connectivity index (χ0) is 20.2. The van der Waals surface area contributed by atoms with Crippen LogP contribution in [0.25, 0.3) is 11.4 Å². The van der Waals surface area contributed by atoms with Crippen LogP contribution < -0.4 is 10.1 Å². The van der Waals surface area contributed by atoms with Crippen LogP contribution in [0.1, 0.15) is 11.1 Å². The maximum absolute atomic E-state index is 11.7. The molecule has 2 aromatic heterocycles. The number of hydrogen-bond donors (Lipinski definition) is 1. The summed E-state index contributed by atoms with van der Waals surface area (Å²) >= 11 is 1.60. The molecule has 0 aliphatic carbocycles. The summed E-state index contributed by atoms with van der Waals surface area (Å²) < 4.78 is 2.18. The van der Waals surface area contributed by atoms with E-state index in [2.05, 4.69) is 62.2 Å². The van der Waals surface area contributed by atoms with Crippen LogP contribution in [-0.2, 0) is 11.3 Å². The van der Waals surface area contributed by atoms with Gasteiger partial charge in [-0.1, -0.05) is 17.7 Å². The van der Waals surface area contributed by atoms with Crippen LogP contribution in [0.3, 0.4) is 0 Å². The minimum absolute atomic E-state index is 0.0842. The van der Waals surface area contributed by atoms with E-state index < -0.39 is 0 Å². The Balaban J connectivity index is 1.70. The number of amides is 1. The van der Waals surface area contributed by atoms with Crippen LogP contribution in [0, 0.1) is 13.8 Å². The molecule has 1 aromatic carbocycles. The third-order valence-electron chi connectivity index (χ3n) is 4.95. The topological polar surface area (TPSA) is 75.4 Å². The second kappa shape index (κ2) is 8.67. The maximum Gasteiger partial charge on any atom is 0.234 e. The molecule has 1 amide bonds. The van der Waals surface area contributed by atoms with Gasteiger partial charge in [0, 0.05) is 44.0 Å². The summed E-state index contributed by atoms with van der Waals surface area (Å²) in [5.74, 6) is 0.0842. The fourth-order valence-electron chi connectivity index (χ4n) is 3.43. The molecule has 8 heteroatoms. The molecule has 1 N–H and O–H groups in total. The molecule has 3 heterocycles. The first kappa shape index (κ1) is 19.5. The van der Waals surface area contributed by atoms with E-state index in [9.17, 15) is 4.79 Å². The van der Waals surface area contributed by atoms with Crippen LogP contribution in [0.15, 0.2) is 47.2 Å². The van der Waals surface area contributed by atoms with Gasteiger partial charge < -0.3 is 9.88 Å². The number of piperazine rings is 1. The molecule has 7 nitrogen and oxygen atoms in total. The molecular formula is C21H24N6OS. The van der Waals surface area contributed by atoms with E-state index in [4.69, 9.17) is 4.99 Å². The number of nitrogens with zero attached hydrogens (tertiary/aromatic N) is 5. The van der Waals surface area contributed by atoms with Crippen molar-refractivity contribution in [3.8, 4) is 11.4 Å². The molecule has 0 spiro atoms. The van der Waals surface area contributed by atoms with Gasteiger partial charge in [-0.05, 0) is 25.5 Å². The highest BCUT2D eigenvalue weighted by molar-refractivity contribution is 7.07. The van der Waals surface area contributed by atoms with E-state index in [1.165, 1.54) is 5.56 Å². The third kappa shape index (κ3) is 4.60. The number of aryl methyl sites for hydroxylation is 2. The van der Waals surface area contributed by atoms with Gasteiger partial charge in [0.15, 0.2) is 4.80 Å². The SMILES string of the molecule is Cc1ccc(N=c2scc(-c3cnccn3)n2CCN2CCNC(=O)C2)c(C)c1. The lowest BCUT2D eigenvalue weighted by molar-refractivity contribution is -0.124. The smallest absolute Gasteiger partial charge is 0.234 e. The number of benzene rings is 1. The highest BCUT2D eigenvalue weighted by Crippen LogP contribution is 2.21. The normalized spacial score (nSPS) is 15.5. The van der Waals surface area contributed by atoms with Gasteiger partial charge in [-0.2, -0.15) is 0 Å². The van der Waals surface area contributed by atoms with Gasteiger partial charge in [-0.15, -0.1) is 11.3 Å². The predicted molar refractivity (Wildman–Crippen MR) is 114 cm³/mol. The lowest BCUT2D eigenvalue weighted by Gasteiger charge is -2.26. The zero-order valence-electron chi connectivity index (χ0n) is 16.6. The van der Waals surface area contributed by atoms with Crippen LogP contribution in [0.5, 0.6) is 0 Å². The Bertz CT molecular complexity index is 1070. The quantitative estimate of drug-likeness (QED) is 0.703. The number of nitrogens with one attached hydrogen (secondary N) is 1. The van der Waals surface area contributed by atoms with Gasteiger partial charge in [0.2, 0.25) is 5.91 Å². The molecule has 1 saturated heterocycles. The van der Waals surface area contributed by atoms with Gasteiger partial charge in [0.1, 0.15) is 5.69 Å². The Morgan fingerprint density at radius 2 is 2.14 bits per heavy atom. The molecular weight excluding hydrogens is 384 g/mol. The van der Waals surface area contributed by atoms with Crippen LogP contribution in [0.2, 0.25) is 0 Å². The zero-order valence-corrected chi connectivity index (χ0v) is 17.4. The van der Waals surface area contributed by atoms with Crippen molar-refractivity contribution in [1.29, 1.82) is 0 Å². The number of rotatable bonds is 5. The fourth-order valence-corrected chi connectivity index (χ4v) is 4.36. The van der Waals surface area contributed by atoms with E-state index >= 15 is 0 Å². The van der Waals surface area contributed by atoms with Crippen molar-refractivity contribution in [3.63, 3.8) is 0 Å². The molecule has 3 aromatic rings. The molecule has 0 radical (unpaired) electrons. The number of aromatic nitrogens is 3. The van der Waals surface area contributed by atoms with Crippen molar-refractivity contribution < 1.29 is 4.79 Å². The first-order valence-corrected chi connectivity index (χ1v) is 10.5. The maximum atomic E-state index is 11.7. The summed E-state index contributed by atoms with van der Waals surface area (Å²) in [6.07, 6.45) is 5.15. The van der Waals surface area contributed by atoms with Gasteiger partial charge in [0.25, 0.3) is 0 Å². The molecule has 1 aliphatic rings. The average molecular weight is 409 g/mol. The Labute approximate surface area is 173 Å². The van der Waals surface area contributed by atoms with Crippen molar-refractivity contribution >= 4 is 22.9 Å². The fraction of sp³-hybridized carbons (Fsp3) is 0.333. The Morgan fingerprint density at radius 3 is 2.90 bits per heavy atom. The summed E-state index contributed by atoms with van der Waals surface area (Å²) in [5.41, 5.74) is 5.16. The molecule has 0 saturated carbocycles. The Hall–Kier alpha value is -2.84. The van der Waals surface area contributed by atoms with E-state index in [-0.39, 0.29) is 5.91 Å². The van der Waals surface area contributed by atoms with Crippen LogP contribution in [0.4, 0.5) is 5.69 Å².